The normalized spacial score (nSPS) is 51.1. The number of aliphatic hydroxyl groups is 2. The summed E-state index contributed by atoms with van der Waals surface area (Å²) in [5.74, 6) is 1.34. The molecule has 0 aromatic heterocycles. The third-order valence-electron chi connectivity index (χ3n) is 16.0. The number of methoxy groups -OCH3 is 1. The summed E-state index contributed by atoms with van der Waals surface area (Å²) < 4.78 is 31.5. The van der Waals surface area contributed by atoms with Crippen molar-refractivity contribution in [3.8, 4) is 0 Å². The third kappa shape index (κ3) is 4.94. The van der Waals surface area contributed by atoms with Crippen LogP contribution in [0.3, 0.4) is 0 Å². The molecular weight excluding hydrogens is 608 g/mol. The van der Waals surface area contributed by atoms with Gasteiger partial charge in [-0.2, -0.15) is 0 Å². The Balaban J connectivity index is 1.11. The van der Waals surface area contributed by atoms with Crippen LogP contribution in [0.1, 0.15) is 107 Å². The highest BCUT2D eigenvalue weighted by atomic mass is 16.7. The number of ether oxygens (including phenoxy) is 5. The van der Waals surface area contributed by atoms with Crippen LogP contribution in [0.15, 0.2) is 0 Å². The van der Waals surface area contributed by atoms with E-state index in [4.69, 9.17) is 29.4 Å². The van der Waals surface area contributed by atoms with Crippen LogP contribution in [0, 0.1) is 45.3 Å². The predicted octanol–water partition coefficient (Wildman–Crippen LogP) is 4.75. The Kier molecular flexibility index (Phi) is 9.07. The quantitative estimate of drug-likeness (QED) is 0.319. The summed E-state index contributed by atoms with van der Waals surface area (Å²) >= 11 is 0. The van der Waals surface area contributed by atoms with Gasteiger partial charge in [-0.05, 0) is 124 Å². The Morgan fingerprint density at radius 3 is 2.46 bits per heavy atom. The summed E-state index contributed by atoms with van der Waals surface area (Å²) in [5, 5.41) is 23.5. The third-order valence-corrected chi connectivity index (χ3v) is 16.0. The molecule has 2 spiro atoms. The maximum atomic E-state index is 12.5. The molecule has 7 fully saturated rings. The fourth-order valence-corrected chi connectivity index (χ4v) is 14.0. The highest BCUT2D eigenvalue weighted by Crippen LogP contribution is 2.87. The Bertz CT molecular complexity index is 1200. The van der Waals surface area contributed by atoms with Crippen molar-refractivity contribution >= 4 is 0 Å². The van der Waals surface area contributed by atoms with E-state index < -0.39 is 23.3 Å². The van der Waals surface area contributed by atoms with Crippen molar-refractivity contribution in [2.75, 3.05) is 40.0 Å². The zero-order chi connectivity index (χ0) is 34.7. The molecule has 0 amide bonds. The van der Waals surface area contributed by atoms with Crippen molar-refractivity contribution in [2.24, 2.45) is 51.1 Å². The van der Waals surface area contributed by atoms with Gasteiger partial charge in [0.05, 0.1) is 48.8 Å². The van der Waals surface area contributed by atoms with Crippen LogP contribution in [0.25, 0.3) is 0 Å². The van der Waals surface area contributed by atoms with Crippen molar-refractivity contribution in [1.29, 1.82) is 0 Å². The predicted molar refractivity (Wildman–Crippen MR) is 184 cm³/mol. The van der Waals surface area contributed by atoms with E-state index in [2.05, 4.69) is 39.5 Å². The molecule has 9 heteroatoms. The molecule has 5 saturated carbocycles. The fraction of sp³-hybridized carbons (Fsp3) is 1.00. The molecule has 5 aliphatic carbocycles. The van der Waals surface area contributed by atoms with Gasteiger partial charge in [-0.25, -0.2) is 0 Å². The van der Waals surface area contributed by atoms with Crippen molar-refractivity contribution in [2.45, 2.75) is 161 Å². The van der Waals surface area contributed by atoms with E-state index in [9.17, 15) is 10.2 Å². The lowest BCUT2D eigenvalue weighted by Crippen LogP contribution is -2.70. The number of hydrogen-bond donors (Lipinski definition) is 3. The van der Waals surface area contributed by atoms with Crippen molar-refractivity contribution in [1.82, 2.24) is 4.90 Å². The van der Waals surface area contributed by atoms with Gasteiger partial charge in [0.2, 0.25) is 0 Å². The van der Waals surface area contributed by atoms with Gasteiger partial charge in [0.1, 0.15) is 6.10 Å². The molecule has 2 aliphatic heterocycles. The van der Waals surface area contributed by atoms with E-state index >= 15 is 0 Å². The van der Waals surface area contributed by atoms with E-state index in [1.54, 1.807) is 21.0 Å². The van der Waals surface area contributed by atoms with E-state index in [0.29, 0.717) is 37.7 Å². The van der Waals surface area contributed by atoms with E-state index in [1.165, 1.54) is 19.3 Å². The molecule has 0 radical (unpaired) electrons. The number of morpholine rings is 1. The Labute approximate surface area is 290 Å². The van der Waals surface area contributed by atoms with Crippen LogP contribution >= 0.6 is 0 Å². The molecule has 15 atom stereocenters. The maximum absolute atomic E-state index is 12.5. The zero-order valence-corrected chi connectivity index (χ0v) is 31.5. The fourth-order valence-electron chi connectivity index (χ4n) is 14.0. The summed E-state index contributed by atoms with van der Waals surface area (Å²) in [4.78, 5) is 2.44. The number of hydrogen-bond acceptors (Lipinski definition) is 9. The standard InChI is InChI=1S/C39H68N2O7/c1-10-45-33(35(6,7)43)25-19-23(2)30-31(47-25)32(42)39(40)27-12-11-26-34(4,5)28(48-29-20-41(17-18-46-29)24(3)21-44-9)13-14-37(26)22-38(27,37)16-15-36(30,39)8/h23-33,42-43H,10-22,40H2,1-9H3. The number of fused-ring (bicyclic) bond motifs is 4. The van der Waals surface area contributed by atoms with Crippen molar-refractivity contribution in [3.63, 3.8) is 0 Å². The van der Waals surface area contributed by atoms with Crippen LogP contribution in [-0.2, 0) is 23.7 Å². The second-order valence-corrected chi connectivity index (χ2v) is 19.0. The second-order valence-electron chi connectivity index (χ2n) is 19.0. The molecule has 2 heterocycles. The topological polar surface area (TPSA) is 116 Å². The molecule has 15 unspecified atom stereocenters. The molecule has 2 saturated heterocycles. The van der Waals surface area contributed by atoms with Gasteiger partial charge in [0.25, 0.3) is 0 Å². The first-order valence-electron chi connectivity index (χ1n) is 19.5. The van der Waals surface area contributed by atoms with Crippen molar-refractivity contribution in [3.05, 3.63) is 0 Å². The van der Waals surface area contributed by atoms with Gasteiger partial charge in [0, 0.05) is 32.8 Å². The van der Waals surface area contributed by atoms with Gasteiger partial charge in [-0.15, -0.1) is 0 Å². The summed E-state index contributed by atoms with van der Waals surface area (Å²) in [6.07, 6.45) is 6.81. The smallest absolute Gasteiger partial charge is 0.170 e. The first kappa shape index (κ1) is 36.0. The number of aliphatic hydroxyl groups excluding tert-OH is 1. The van der Waals surface area contributed by atoms with Crippen LogP contribution in [0.4, 0.5) is 0 Å². The second kappa shape index (κ2) is 12.1. The van der Waals surface area contributed by atoms with Crippen LogP contribution in [0.5, 0.6) is 0 Å². The summed E-state index contributed by atoms with van der Waals surface area (Å²) in [7, 11) is 1.77. The number of nitrogens with zero attached hydrogens (tertiary/aromatic N) is 1. The van der Waals surface area contributed by atoms with Gasteiger partial charge in [-0.1, -0.05) is 27.7 Å². The molecule has 0 aromatic carbocycles. The monoisotopic (exact) mass is 677 g/mol. The molecule has 9 nitrogen and oxygen atoms in total. The highest BCUT2D eigenvalue weighted by molar-refractivity contribution is 5.35. The lowest BCUT2D eigenvalue weighted by Gasteiger charge is -2.63. The average Bonchev–Trinajstić information content (AvgIpc) is 3.65. The Morgan fingerprint density at radius 1 is 1.06 bits per heavy atom. The van der Waals surface area contributed by atoms with Gasteiger partial charge < -0.3 is 39.6 Å². The lowest BCUT2D eigenvalue weighted by molar-refractivity contribution is -0.249. The molecule has 0 bridgehead atoms. The maximum Gasteiger partial charge on any atom is 0.170 e. The molecule has 0 aromatic rings. The largest absolute Gasteiger partial charge is 0.388 e. The lowest BCUT2D eigenvalue weighted by atomic mass is 9.43. The van der Waals surface area contributed by atoms with E-state index in [-0.39, 0.29) is 58.1 Å². The number of nitrogens with two attached hydrogens (primary N) is 1. The number of rotatable bonds is 9. The van der Waals surface area contributed by atoms with Crippen molar-refractivity contribution < 1.29 is 33.9 Å². The zero-order valence-electron chi connectivity index (χ0n) is 31.5. The highest BCUT2D eigenvalue weighted by Gasteiger charge is 2.85. The van der Waals surface area contributed by atoms with E-state index in [0.717, 1.165) is 45.2 Å². The summed E-state index contributed by atoms with van der Waals surface area (Å²) in [6.45, 7) is 21.0. The minimum absolute atomic E-state index is 0.0253. The first-order valence-corrected chi connectivity index (χ1v) is 19.5. The molecule has 4 N–H and O–H groups in total. The van der Waals surface area contributed by atoms with E-state index in [1.807, 2.05) is 6.92 Å². The molecular formula is C39H68N2O7. The first-order chi connectivity index (χ1) is 22.5. The molecule has 276 valence electrons. The van der Waals surface area contributed by atoms with Gasteiger partial charge in [0.15, 0.2) is 6.29 Å². The van der Waals surface area contributed by atoms with Gasteiger partial charge in [-0.3, -0.25) is 4.90 Å². The summed E-state index contributed by atoms with van der Waals surface area (Å²) in [5.41, 5.74) is 6.34. The minimum atomic E-state index is -1.04. The Morgan fingerprint density at radius 2 is 1.77 bits per heavy atom. The SMILES string of the molecule is CCOC(C1CC(C)C2C(O1)C(O)C1(N)C3CCC4C(C)(C)C(OC5CN(C(C)COC)CCO5)CCC45CC35CCC21C)C(C)(C)O. The van der Waals surface area contributed by atoms with Crippen LogP contribution in [0.2, 0.25) is 0 Å². The average molecular weight is 677 g/mol. The van der Waals surface area contributed by atoms with Crippen LogP contribution in [-0.4, -0.2) is 109 Å². The summed E-state index contributed by atoms with van der Waals surface area (Å²) in [6, 6.07) is 0.344. The molecule has 48 heavy (non-hydrogen) atoms. The Hall–Kier alpha value is -0.360. The van der Waals surface area contributed by atoms with Gasteiger partial charge >= 0.3 is 0 Å². The molecule has 7 aliphatic rings. The minimum Gasteiger partial charge on any atom is -0.388 e. The molecule has 7 rings (SSSR count). The van der Waals surface area contributed by atoms with Crippen LogP contribution < -0.4 is 5.73 Å².